The van der Waals surface area contributed by atoms with Crippen molar-refractivity contribution in [2.75, 3.05) is 0 Å². The van der Waals surface area contributed by atoms with E-state index in [4.69, 9.17) is 4.52 Å². The Morgan fingerprint density at radius 3 is 2.64 bits per heavy atom. The lowest BCUT2D eigenvalue weighted by molar-refractivity contribution is -0.137. The van der Waals surface area contributed by atoms with E-state index in [0.29, 0.717) is 11.4 Å². The Kier molecular flexibility index (Phi) is 5.67. The minimum absolute atomic E-state index is 0.0422. The van der Waals surface area contributed by atoms with Crippen molar-refractivity contribution in [2.24, 2.45) is 0 Å². The minimum atomic E-state index is -4.43. The lowest BCUT2D eigenvalue weighted by Crippen LogP contribution is -2.27. The number of aromatic nitrogens is 4. The maximum atomic E-state index is 12.8. The molecule has 0 fully saturated rings. The van der Waals surface area contributed by atoms with Gasteiger partial charge in [0, 0.05) is 25.2 Å². The van der Waals surface area contributed by atoms with Crippen LogP contribution in [0, 0.1) is 0 Å². The van der Waals surface area contributed by atoms with Crippen molar-refractivity contribution in [3.8, 4) is 11.6 Å². The first-order chi connectivity index (χ1) is 13.3. The van der Waals surface area contributed by atoms with Gasteiger partial charge in [0.25, 0.3) is 0 Å². The van der Waals surface area contributed by atoms with Crippen molar-refractivity contribution >= 4 is 5.91 Å². The first-order valence-electron chi connectivity index (χ1n) is 8.39. The first-order valence-corrected chi connectivity index (χ1v) is 8.39. The molecular weight excluding hydrogens is 375 g/mol. The highest BCUT2D eigenvalue weighted by Gasteiger charge is 2.30. The summed E-state index contributed by atoms with van der Waals surface area (Å²) in [4.78, 5) is 24.2. The molecule has 3 rings (SSSR count). The third-order valence-corrected chi connectivity index (χ3v) is 3.89. The second kappa shape index (κ2) is 8.15. The second-order valence-electron chi connectivity index (χ2n) is 6.00. The number of carbonyl (C=O) groups excluding carboxylic acids is 1. The third-order valence-electron chi connectivity index (χ3n) is 3.89. The molecule has 1 aromatic carbocycles. The van der Waals surface area contributed by atoms with Crippen LogP contribution >= 0.6 is 0 Å². The van der Waals surface area contributed by atoms with Crippen LogP contribution in [-0.2, 0) is 17.4 Å². The summed E-state index contributed by atoms with van der Waals surface area (Å²) in [6.07, 6.45) is -1.12. The molecule has 0 saturated carbocycles. The van der Waals surface area contributed by atoms with Crippen LogP contribution in [0.15, 0.2) is 47.2 Å². The van der Waals surface area contributed by atoms with Crippen molar-refractivity contribution in [3.05, 3.63) is 59.7 Å². The Hall–Kier alpha value is -3.30. The van der Waals surface area contributed by atoms with Gasteiger partial charge in [-0.2, -0.15) is 18.2 Å². The average molecular weight is 391 g/mol. The zero-order chi connectivity index (χ0) is 20.1. The zero-order valence-corrected chi connectivity index (χ0v) is 14.8. The summed E-state index contributed by atoms with van der Waals surface area (Å²) < 4.78 is 43.5. The molecule has 7 nitrogen and oxygen atoms in total. The fourth-order valence-electron chi connectivity index (χ4n) is 2.46. The fraction of sp³-hybridized carbons (Fsp3) is 0.278. The molecule has 0 saturated heterocycles. The van der Waals surface area contributed by atoms with Gasteiger partial charge in [-0.25, -0.2) is 9.97 Å². The average Bonchev–Trinajstić information content (AvgIpc) is 3.15. The highest BCUT2D eigenvalue weighted by Crippen LogP contribution is 2.30. The summed E-state index contributed by atoms with van der Waals surface area (Å²) in [7, 11) is 0. The molecule has 10 heteroatoms. The van der Waals surface area contributed by atoms with Crippen LogP contribution in [0.2, 0.25) is 0 Å². The smallest absolute Gasteiger partial charge is 0.350 e. The second-order valence-corrected chi connectivity index (χ2v) is 6.00. The minimum Gasteiger partial charge on any atom is -0.350 e. The maximum absolute atomic E-state index is 12.8. The van der Waals surface area contributed by atoms with Crippen molar-refractivity contribution in [1.82, 2.24) is 25.4 Å². The van der Waals surface area contributed by atoms with E-state index < -0.39 is 17.8 Å². The third kappa shape index (κ3) is 4.90. The number of carbonyl (C=O) groups is 1. The van der Waals surface area contributed by atoms with Gasteiger partial charge in [0.1, 0.15) is 0 Å². The summed E-state index contributed by atoms with van der Waals surface area (Å²) in [6.45, 7) is 1.62. The SMILES string of the molecule is C[C@@H](NC(=O)CCc1nc(-c2ncccn2)no1)c1cccc(C(F)(F)F)c1. The fourth-order valence-corrected chi connectivity index (χ4v) is 2.46. The number of halogens is 3. The van der Waals surface area contributed by atoms with Crippen LogP contribution in [-0.4, -0.2) is 26.0 Å². The van der Waals surface area contributed by atoms with Crippen molar-refractivity contribution in [2.45, 2.75) is 32.0 Å². The quantitative estimate of drug-likeness (QED) is 0.693. The Morgan fingerprint density at radius 1 is 1.18 bits per heavy atom. The van der Waals surface area contributed by atoms with Crippen molar-refractivity contribution in [1.29, 1.82) is 0 Å². The van der Waals surface area contributed by atoms with Gasteiger partial charge >= 0.3 is 6.18 Å². The summed E-state index contributed by atoms with van der Waals surface area (Å²) >= 11 is 0. The molecule has 0 spiro atoms. The van der Waals surface area contributed by atoms with Gasteiger partial charge < -0.3 is 9.84 Å². The number of nitrogens with one attached hydrogen (secondary N) is 1. The van der Waals surface area contributed by atoms with Crippen LogP contribution in [0.4, 0.5) is 13.2 Å². The molecule has 0 unspecified atom stereocenters. The van der Waals surface area contributed by atoms with Crippen molar-refractivity contribution < 1.29 is 22.5 Å². The Labute approximate surface area is 158 Å². The van der Waals surface area contributed by atoms with Gasteiger partial charge in [-0.3, -0.25) is 4.79 Å². The number of hydrogen-bond donors (Lipinski definition) is 1. The van der Waals surface area contributed by atoms with Gasteiger partial charge in [-0.1, -0.05) is 17.3 Å². The molecule has 0 aliphatic heterocycles. The van der Waals surface area contributed by atoms with E-state index in [2.05, 4.69) is 25.4 Å². The molecule has 0 radical (unpaired) electrons. The molecule has 2 heterocycles. The topological polar surface area (TPSA) is 93.8 Å². The van der Waals surface area contributed by atoms with Gasteiger partial charge in [-0.05, 0) is 30.7 Å². The largest absolute Gasteiger partial charge is 0.416 e. The summed E-state index contributed by atoms with van der Waals surface area (Å²) in [5, 5.41) is 6.42. The monoisotopic (exact) mass is 391 g/mol. The molecule has 1 atom stereocenters. The van der Waals surface area contributed by atoms with Gasteiger partial charge in [0.05, 0.1) is 11.6 Å². The van der Waals surface area contributed by atoms with Crippen LogP contribution in [0.25, 0.3) is 11.6 Å². The van der Waals surface area contributed by atoms with Crippen LogP contribution in [0.5, 0.6) is 0 Å². The van der Waals surface area contributed by atoms with E-state index in [1.807, 2.05) is 0 Å². The Balaban J connectivity index is 1.55. The number of alkyl halides is 3. The molecule has 0 aliphatic rings. The zero-order valence-electron chi connectivity index (χ0n) is 14.8. The van der Waals surface area contributed by atoms with Crippen LogP contribution in [0.1, 0.15) is 36.4 Å². The summed E-state index contributed by atoms with van der Waals surface area (Å²) in [6, 6.07) is 5.93. The number of rotatable bonds is 6. The first kappa shape index (κ1) is 19.5. The Bertz CT molecular complexity index is 944. The standard InChI is InChI=1S/C18H16F3N5O2/c1-11(12-4-2-5-13(10-12)18(19,20)21)24-14(27)6-7-15-25-17(26-28-15)16-22-8-3-9-23-16/h2-5,8-11H,6-7H2,1H3,(H,24,27)/t11-/m1/s1. The molecule has 2 aromatic heterocycles. The van der Waals surface area contributed by atoms with Crippen molar-refractivity contribution in [3.63, 3.8) is 0 Å². The lowest BCUT2D eigenvalue weighted by Gasteiger charge is -2.16. The number of aryl methyl sites for hydroxylation is 1. The molecule has 146 valence electrons. The molecular formula is C18H16F3N5O2. The highest BCUT2D eigenvalue weighted by molar-refractivity contribution is 5.76. The summed E-state index contributed by atoms with van der Waals surface area (Å²) in [5.74, 6) is 0.415. The predicted molar refractivity (Wildman–Crippen MR) is 91.6 cm³/mol. The van der Waals surface area contributed by atoms with Crippen LogP contribution < -0.4 is 5.32 Å². The van der Waals surface area contributed by atoms with Crippen LogP contribution in [0.3, 0.4) is 0 Å². The molecule has 28 heavy (non-hydrogen) atoms. The van der Waals surface area contributed by atoms with E-state index in [9.17, 15) is 18.0 Å². The number of nitrogens with zero attached hydrogens (tertiary/aromatic N) is 4. The number of amides is 1. The highest BCUT2D eigenvalue weighted by atomic mass is 19.4. The van der Waals surface area contributed by atoms with Gasteiger partial charge in [-0.15, -0.1) is 0 Å². The van der Waals surface area contributed by atoms with E-state index in [1.165, 1.54) is 12.1 Å². The molecule has 3 aromatic rings. The number of benzene rings is 1. The van der Waals surface area contributed by atoms with E-state index in [0.717, 1.165) is 12.1 Å². The normalized spacial score (nSPS) is 12.6. The lowest BCUT2D eigenvalue weighted by atomic mass is 10.0. The van der Waals surface area contributed by atoms with E-state index in [1.54, 1.807) is 25.4 Å². The molecule has 0 aliphatic carbocycles. The molecule has 0 bridgehead atoms. The summed E-state index contributed by atoms with van der Waals surface area (Å²) in [5.41, 5.74) is -0.392. The van der Waals surface area contributed by atoms with E-state index in [-0.39, 0.29) is 30.5 Å². The number of hydrogen-bond acceptors (Lipinski definition) is 6. The molecule has 1 amide bonds. The van der Waals surface area contributed by atoms with Gasteiger partial charge in [0.15, 0.2) is 0 Å². The van der Waals surface area contributed by atoms with E-state index >= 15 is 0 Å². The Morgan fingerprint density at radius 2 is 1.93 bits per heavy atom. The maximum Gasteiger partial charge on any atom is 0.416 e. The predicted octanol–water partition coefficient (Wildman–Crippen LogP) is 3.36. The van der Waals surface area contributed by atoms with Gasteiger partial charge in [0.2, 0.25) is 23.4 Å². The molecule has 1 N–H and O–H groups in total.